The van der Waals surface area contributed by atoms with Crippen LogP contribution < -0.4 is 10.6 Å². The fourth-order valence-electron chi connectivity index (χ4n) is 1.99. The van der Waals surface area contributed by atoms with E-state index in [0.29, 0.717) is 10.7 Å². The molecule has 8 heteroatoms. The topological polar surface area (TPSA) is 84.5 Å². The first-order valence-corrected chi connectivity index (χ1v) is 8.41. The minimum atomic E-state index is -0.719. The molecule has 0 spiro atoms. The molecule has 6 nitrogen and oxygen atoms in total. The molecule has 0 aliphatic rings. The fourth-order valence-corrected chi connectivity index (χ4v) is 2.44. The van der Waals surface area contributed by atoms with Gasteiger partial charge in [0.15, 0.2) is 6.61 Å². The van der Waals surface area contributed by atoms with Crippen molar-refractivity contribution >= 4 is 46.7 Å². The van der Waals surface area contributed by atoms with Gasteiger partial charge in [-0.1, -0.05) is 53.5 Å². The van der Waals surface area contributed by atoms with Crippen LogP contribution in [-0.4, -0.2) is 30.9 Å². The Morgan fingerprint density at radius 2 is 1.69 bits per heavy atom. The Morgan fingerprint density at radius 3 is 2.38 bits per heavy atom. The van der Waals surface area contributed by atoms with Crippen molar-refractivity contribution in [2.24, 2.45) is 0 Å². The number of hydrogen-bond donors (Lipinski definition) is 2. The molecule has 26 heavy (non-hydrogen) atoms. The number of halogens is 2. The molecule has 0 heterocycles. The Labute approximate surface area is 160 Å². The molecule has 2 aromatic rings. The summed E-state index contributed by atoms with van der Waals surface area (Å²) in [6, 6.07) is 13.7. The number of nitrogens with one attached hydrogen (secondary N) is 2. The molecule has 2 amide bonds. The number of carbonyl (C=O) groups excluding carboxylic acids is 3. The third-order valence-corrected chi connectivity index (χ3v) is 3.75. The van der Waals surface area contributed by atoms with Crippen LogP contribution in [0.4, 0.5) is 5.69 Å². The van der Waals surface area contributed by atoms with E-state index in [1.165, 1.54) is 12.1 Å². The van der Waals surface area contributed by atoms with E-state index < -0.39 is 18.5 Å². The molecule has 136 valence electrons. The Hall–Kier alpha value is -2.57. The molecular formula is C18H16Cl2N2O4. The molecule has 2 aromatic carbocycles. The van der Waals surface area contributed by atoms with Crippen LogP contribution in [0.1, 0.15) is 5.56 Å². The molecule has 0 fully saturated rings. The second kappa shape index (κ2) is 9.79. The maximum absolute atomic E-state index is 11.8. The smallest absolute Gasteiger partial charge is 0.325 e. The molecule has 0 unspecified atom stereocenters. The van der Waals surface area contributed by atoms with Gasteiger partial charge in [0.25, 0.3) is 5.91 Å². The van der Waals surface area contributed by atoms with E-state index in [9.17, 15) is 14.4 Å². The summed E-state index contributed by atoms with van der Waals surface area (Å²) in [5, 5.41) is 5.64. The van der Waals surface area contributed by atoms with Crippen molar-refractivity contribution in [1.82, 2.24) is 5.32 Å². The predicted octanol–water partition coefficient (Wildman–Crippen LogP) is 2.83. The molecule has 2 rings (SSSR count). The summed E-state index contributed by atoms with van der Waals surface area (Å²) in [5.41, 5.74) is 1.19. The predicted molar refractivity (Wildman–Crippen MR) is 99.2 cm³/mol. The SMILES string of the molecule is O=C(Cc1ccccc1)NCC(=O)OCC(=O)Nc1ccc(Cl)cc1Cl. The normalized spacial score (nSPS) is 10.1. The summed E-state index contributed by atoms with van der Waals surface area (Å²) in [6.07, 6.45) is 0.156. The van der Waals surface area contributed by atoms with E-state index in [2.05, 4.69) is 10.6 Å². The Balaban J connectivity index is 1.69. The highest BCUT2D eigenvalue weighted by atomic mass is 35.5. The van der Waals surface area contributed by atoms with Gasteiger partial charge in [0.2, 0.25) is 5.91 Å². The van der Waals surface area contributed by atoms with Crippen LogP contribution in [0.2, 0.25) is 10.0 Å². The summed E-state index contributed by atoms with van der Waals surface area (Å²) >= 11 is 11.7. The van der Waals surface area contributed by atoms with Gasteiger partial charge >= 0.3 is 5.97 Å². The van der Waals surface area contributed by atoms with E-state index in [1.807, 2.05) is 30.3 Å². The Bertz CT molecular complexity index is 797. The summed E-state index contributed by atoms with van der Waals surface area (Å²) in [6.45, 7) is -0.813. The van der Waals surface area contributed by atoms with Crippen molar-refractivity contribution in [3.63, 3.8) is 0 Å². The summed E-state index contributed by atoms with van der Waals surface area (Å²) in [5.74, 6) is -1.59. The number of carbonyl (C=O) groups is 3. The highest BCUT2D eigenvalue weighted by molar-refractivity contribution is 6.36. The second-order valence-electron chi connectivity index (χ2n) is 5.27. The highest BCUT2D eigenvalue weighted by Gasteiger charge is 2.11. The first-order valence-electron chi connectivity index (χ1n) is 7.65. The summed E-state index contributed by atoms with van der Waals surface area (Å²) in [4.78, 5) is 35.1. The van der Waals surface area contributed by atoms with Crippen LogP contribution >= 0.6 is 23.2 Å². The number of esters is 1. The number of hydrogen-bond acceptors (Lipinski definition) is 4. The molecule has 0 aliphatic heterocycles. The van der Waals surface area contributed by atoms with Gasteiger partial charge in [-0.05, 0) is 23.8 Å². The van der Waals surface area contributed by atoms with Gasteiger partial charge in [0.1, 0.15) is 6.54 Å². The van der Waals surface area contributed by atoms with Crippen molar-refractivity contribution in [3.05, 3.63) is 64.1 Å². The van der Waals surface area contributed by atoms with E-state index in [1.54, 1.807) is 6.07 Å². The molecule has 0 saturated heterocycles. The average Bonchev–Trinajstić information content (AvgIpc) is 2.61. The van der Waals surface area contributed by atoms with Crippen molar-refractivity contribution in [3.8, 4) is 0 Å². The molecule has 0 radical (unpaired) electrons. The lowest BCUT2D eigenvalue weighted by Gasteiger charge is -2.09. The van der Waals surface area contributed by atoms with Gasteiger partial charge in [-0.25, -0.2) is 0 Å². The van der Waals surface area contributed by atoms with Gasteiger partial charge in [0, 0.05) is 5.02 Å². The second-order valence-corrected chi connectivity index (χ2v) is 6.12. The largest absolute Gasteiger partial charge is 0.454 e. The molecule has 2 N–H and O–H groups in total. The third-order valence-electron chi connectivity index (χ3n) is 3.21. The number of benzene rings is 2. The van der Waals surface area contributed by atoms with Crippen LogP contribution in [-0.2, 0) is 25.5 Å². The minimum absolute atomic E-state index is 0.156. The number of anilines is 1. The maximum Gasteiger partial charge on any atom is 0.325 e. The lowest BCUT2D eigenvalue weighted by molar-refractivity contribution is -0.147. The van der Waals surface area contributed by atoms with Crippen molar-refractivity contribution < 1.29 is 19.1 Å². The first kappa shape index (κ1) is 19.8. The maximum atomic E-state index is 11.8. The third kappa shape index (κ3) is 6.74. The zero-order valence-corrected chi connectivity index (χ0v) is 15.1. The van der Waals surface area contributed by atoms with Crippen molar-refractivity contribution in [2.75, 3.05) is 18.5 Å². The highest BCUT2D eigenvalue weighted by Crippen LogP contribution is 2.25. The van der Waals surface area contributed by atoms with Gasteiger partial charge in [-0.3, -0.25) is 14.4 Å². The molecule has 0 aromatic heterocycles. The van der Waals surface area contributed by atoms with Crippen LogP contribution in [0.25, 0.3) is 0 Å². The Morgan fingerprint density at radius 1 is 0.962 bits per heavy atom. The van der Waals surface area contributed by atoms with Crippen LogP contribution in [0.3, 0.4) is 0 Å². The number of rotatable bonds is 7. The monoisotopic (exact) mass is 394 g/mol. The van der Waals surface area contributed by atoms with Gasteiger partial charge in [0.05, 0.1) is 17.1 Å². The summed E-state index contributed by atoms with van der Waals surface area (Å²) in [7, 11) is 0. The number of amides is 2. The van der Waals surface area contributed by atoms with Gasteiger partial charge in [-0.15, -0.1) is 0 Å². The molecule has 0 aliphatic carbocycles. The van der Waals surface area contributed by atoms with Gasteiger partial charge < -0.3 is 15.4 Å². The van der Waals surface area contributed by atoms with Crippen LogP contribution in [0, 0.1) is 0 Å². The summed E-state index contributed by atoms with van der Waals surface area (Å²) < 4.78 is 4.81. The quantitative estimate of drug-likeness (QED) is 0.707. The van der Waals surface area contributed by atoms with E-state index in [4.69, 9.17) is 27.9 Å². The standard InChI is InChI=1S/C18H16Cl2N2O4/c19-13-6-7-15(14(20)9-13)22-17(24)11-26-18(25)10-21-16(23)8-12-4-2-1-3-5-12/h1-7,9H,8,10-11H2,(H,21,23)(H,22,24). The van der Waals surface area contributed by atoms with E-state index in [0.717, 1.165) is 5.56 Å². The van der Waals surface area contributed by atoms with E-state index >= 15 is 0 Å². The molecular weight excluding hydrogens is 379 g/mol. The number of ether oxygens (including phenoxy) is 1. The Kier molecular flexibility index (Phi) is 7.44. The lowest BCUT2D eigenvalue weighted by atomic mass is 10.1. The van der Waals surface area contributed by atoms with Crippen molar-refractivity contribution in [2.45, 2.75) is 6.42 Å². The van der Waals surface area contributed by atoms with Gasteiger partial charge in [-0.2, -0.15) is 0 Å². The zero-order chi connectivity index (χ0) is 18.9. The zero-order valence-electron chi connectivity index (χ0n) is 13.6. The fraction of sp³-hybridized carbons (Fsp3) is 0.167. The first-order chi connectivity index (χ1) is 12.4. The minimum Gasteiger partial charge on any atom is -0.454 e. The molecule has 0 saturated carbocycles. The van der Waals surface area contributed by atoms with E-state index in [-0.39, 0.29) is 23.9 Å². The lowest BCUT2D eigenvalue weighted by Crippen LogP contribution is -2.33. The van der Waals surface area contributed by atoms with Crippen LogP contribution in [0.5, 0.6) is 0 Å². The van der Waals surface area contributed by atoms with Crippen LogP contribution in [0.15, 0.2) is 48.5 Å². The molecule has 0 atom stereocenters. The molecule has 0 bridgehead atoms. The average molecular weight is 395 g/mol. The van der Waals surface area contributed by atoms with Crippen molar-refractivity contribution in [1.29, 1.82) is 0 Å².